The first kappa shape index (κ1) is 12.3. The van der Waals surface area contributed by atoms with E-state index < -0.39 is 9.84 Å². The first-order valence-electron chi connectivity index (χ1n) is 6.27. The lowest BCUT2D eigenvalue weighted by Gasteiger charge is -2.35. The van der Waals surface area contributed by atoms with Crippen molar-refractivity contribution in [2.45, 2.75) is 31.7 Å². The normalized spacial score (nSPS) is 29.3. The third-order valence-electron chi connectivity index (χ3n) is 3.99. The Kier molecular flexibility index (Phi) is 3.87. The van der Waals surface area contributed by atoms with Crippen molar-refractivity contribution in [3.05, 3.63) is 0 Å². The smallest absolute Gasteiger partial charge is 0.150 e. The minimum absolute atomic E-state index is 0.363. The highest BCUT2D eigenvalue weighted by molar-refractivity contribution is 7.91. The summed E-state index contributed by atoms with van der Waals surface area (Å²) in [6, 6.07) is 0.415. The monoisotopic (exact) mass is 246 g/mol. The highest BCUT2D eigenvalue weighted by Gasteiger charge is 2.32. The van der Waals surface area contributed by atoms with Crippen LogP contribution in [0.15, 0.2) is 0 Å². The van der Waals surface area contributed by atoms with Gasteiger partial charge in [0, 0.05) is 12.6 Å². The van der Waals surface area contributed by atoms with Crippen molar-refractivity contribution in [1.29, 1.82) is 0 Å². The molecule has 0 radical (unpaired) electrons. The number of sulfone groups is 1. The third-order valence-corrected chi connectivity index (χ3v) is 5.71. The van der Waals surface area contributed by atoms with Gasteiger partial charge in [-0.05, 0) is 44.7 Å². The Labute approximate surface area is 98.1 Å². The Morgan fingerprint density at radius 3 is 2.25 bits per heavy atom. The molecule has 2 rings (SSSR count). The second-order valence-corrected chi connectivity index (χ2v) is 7.34. The largest absolute Gasteiger partial charge is 0.329 e. The SMILES string of the molecule is NCC(C1CCS(=O)(=O)CC1)N1CCCC1. The first-order valence-corrected chi connectivity index (χ1v) is 8.09. The van der Waals surface area contributed by atoms with Crippen LogP contribution < -0.4 is 5.73 Å². The lowest BCUT2D eigenvalue weighted by molar-refractivity contribution is 0.170. The number of hydrogen-bond donors (Lipinski definition) is 1. The number of nitrogens with two attached hydrogens (primary N) is 1. The molecule has 0 bridgehead atoms. The third kappa shape index (κ3) is 2.76. The summed E-state index contributed by atoms with van der Waals surface area (Å²) in [5, 5.41) is 0. The van der Waals surface area contributed by atoms with Crippen LogP contribution >= 0.6 is 0 Å². The molecular formula is C11H22N2O2S. The summed E-state index contributed by atoms with van der Waals surface area (Å²) in [4.78, 5) is 2.46. The maximum Gasteiger partial charge on any atom is 0.150 e. The van der Waals surface area contributed by atoms with E-state index in [2.05, 4.69) is 4.90 Å². The Morgan fingerprint density at radius 1 is 1.19 bits per heavy atom. The van der Waals surface area contributed by atoms with Crippen LogP contribution in [0.3, 0.4) is 0 Å². The van der Waals surface area contributed by atoms with Crippen molar-refractivity contribution in [2.75, 3.05) is 31.1 Å². The van der Waals surface area contributed by atoms with Gasteiger partial charge in [0.1, 0.15) is 9.84 Å². The fraction of sp³-hybridized carbons (Fsp3) is 1.00. The molecule has 16 heavy (non-hydrogen) atoms. The maximum absolute atomic E-state index is 11.4. The lowest BCUT2D eigenvalue weighted by Crippen LogP contribution is -2.46. The van der Waals surface area contributed by atoms with Gasteiger partial charge in [-0.1, -0.05) is 0 Å². The Bertz CT molecular complexity index is 309. The van der Waals surface area contributed by atoms with Crippen molar-refractivity contribution in [3.63, 3.8) is 0 Å². The lowest BCUT2D eigenvalue weighted by atomic mass is 9.92. The number of hydrogen-bond acceptors (Lipinski definition) is 4. The topological polar surface area (TPSA) is 63.4 Å². The van der Waals surface area contributed by atoms with E-state index in [0.717, 1.165) is 25.9 Å². The summed E-state index contributed by atoms with van der Waals surface area (Å²) in [6.07, 6.45) is 4.14. The van der Waals surface area contributed by atoms with E-state index in [9.17, 15) is 8.42 Å². The van der Waals surface area contributed by atoms with E-state index in [-0.39, 0.29) is 0 Å². The van der Waals surface area contributed by atoms with Crippen LogP contribution in [-0.2, 0) is 9.84 Å². The van der Waals surface area contributed by atoms with Crippen LogP contribution in [-0.4, -0.2) is 50.5 Å². The van der Waals surface area contributed by atoms with Crippen molar-refractivity contribution in [1.82, 2.24) is 4.90 Å². The summed E-state index contributed by atoms with van der Waals surface area (Å²) in [6.45, 7) is 2.96. The van der Waals surface area contributed by atoms with E-state index in [1.165, 1.54) is 12.8 Å². The molecule has 2 N–H and O–H groups in total. The van der Waals surface area contributed by atoms with Gasteiger partial charge in [-0.3, -0.25) is 4.90 Å². The number of likely N-dealkylation sites (tertiary alicyclic amines) is 1. The van der Waals surface area contributed by atoms with Crippen molar-refractivity contribution in [3.8, 4) is 0 Å². The van der Waals surface area contributed by atoms with E-state index >= 15 is 0 Å². The van der Waals surface area contributed by atoms with Crippen LogP contribution in [0.4, 0.5) is 0 Å². The predicted octanol–water partition coefficient (Wildman–Crippen LogP) is 0.234. The molecule has 1 unspecified atom stereocenters. The Hall–Kier alpha value is -0.130. The molecule has 2 saturated heterocycles. The molecular weight excluding hydrogens is 224 g/mol. The van der Waals surface area contributed by atoms with Crippen LogP contribution in [0.25, 0.3) is 0 Å². The fourth-order valence-electron chi connectivity index (χ4n) is 3.01. The second kappa shape index (κ2) is 5.02. The van der Waals surface area contributed by atoms with Gasteiger partial charge in [-0.25, -0.2) is 8.42 Å². The molecule has 0 aromatic carbocycles. The highest BCUT2D eigenvalue weighted by Crippen LogP contribution is 2.26. The zero-order chi connectivity index (χ0) is 11.6. The summed E-state index contributed by atoms with van der Waals surface area (Å²) >= 11 is 0. The van der Waals surface area contributed by atoms with Gasteiger partial charge in [0.25, 0.3) is 0 Å². The zero-order valence-corrected chi connectivity index (χ0v) is 10.6. The summed E-state index contributed by atoms with van der Waals surface area (Å²) in [5.74, 6) is 1.22. The fourth-order valence-corrected chi connectivity index (χ4v) is 4.53. The molecule has 0 aromatic rings. The summed E-state index contributed by atoms with van der Waals surface area (Å²) in [7, 11) is -2.74. The van der Waals surface area contributed by atoms with Crippen LogP contribution in [0.2, 0.25) is 0 Å². The van der Waals surface area contributed by atoms with Gasteiger partial charge in [-0.2, -0.15) is 0 Å². The van der Waals surface area contributed by atoms with Gasteiger partial charge in [0.15, 0.2) is 0 Å². The summed E-state index contributed by atoms with van der Waals surface area (Å²) < 4.78 is 22.8. The Balaban J connectivity index is 1.95. The van der Waals surface area contributed by atoms with Crippen LogP contribution in [0, 0.1) is 5.92 Å². The second-order valence-electron chi connectivity index (χ2n) is 5.04. The van der Waals surface area contributed by atoms with Crippen molar-refractivity contribution in [2.24, 2.45) is 11.7 Å². The average Bonchev–Trinajstić information content (AvgIpc) is 2.75. The van der Waals surface area contributed by atoms with Crippen LogP contribution in [0.5, 0.6) is 0 Å². The zero-order valence-electron chi connectivity index (χ0n) is 9.77. The minimum Gasteiger partial charge on any atom is -0.329 e. The number of nitrogens with zero attached hydrogens (tertiary/aromatic N) is 1. The number of rotatable bonds is 3. The molecule has 94 valence electrons. The van der Waals surface area contributed by atoms with Gasteiger partial charge < -0.3 is 5.73 Å². The molecule has 5 heteroatoms. The predicted molar refractivity (Wildman–Crippen MR) is 65.0 cm³/mol. The van der Waals surface area contributed by atoms with Crippen molar-refractivity contribution < 1.29 is 8.42 Å². The average molecular weight is 246 g/mol. The van der Waals surface area contributed by atoms with E-state index in [0.29, 0.717) is 30.0 Å². The van der Waals surface area contributed by atoms with Crippen LogP contribution in [0.1, 0.15) is 25.7 Å². The van der Waals surface area contributed by atoms with Gasteiger partial charge in [0.05, 0.1) is 11.5 Å². The van der Waals surface area contributed by atoms with Gasteiger partial charge in [-0.15, -0.1) is 0 Å². The molecule has 2 fully saturated rings. The molecule has 4 nitrogen and oxygen atoms in total. The molecule has 0 aliphatic carbocycles. The summed E-state index contributed by atoms with van der Waals surface area (Å²) in [5.41, 5.74) is 5.86. The van der Waals surface area contributed by atoms with Gasteiger partial charge >= 0.3 is 0 Å². The molecule has 0 aromatic heterocycles. The molecule has 2 heterocycles. The van der Waals surface area contributed by atoms with Crippen molar-refractivity contribution >= 4 is 9.84 Å². The molecule has 2 aliphatic heterocycles. The van der Waals surface area contributed by atoms with E-state index in [1.54, 1.807) is 0 Å². The maximum atomic E-state index is 11.4. The standard InChI is InChI=1S/C11H22N2O2S/c12-9-11(13-5-1-2-6-13)10-3-7-16(14,15)8-4-10/h10-11H,1-9,12H2. The van der Waals surface area contributed by atoms with E-state index in [1.807, 2.05) is 0 Å². The molecule has 0 saturated carbocycles. The Morgan fingerprint density at radius 2 is 1.75 bits per heavy atom. The quantitative estimate of drug-likeness (QED) is 0.774. The minimum atomic E-state index is -2.74. The molecule has 0 spiro atoms. The molecule has 1 atom stereocenters. The molecule has 0 amide bonds. The van der Waals surface area contributed by atoms with Gasteiger partial charge in [0.2, 0.25) is 0 Å². The molecule has 2 aliphatic rings. The van der Waals surface area contributed by atoms with E-state index in [4.69, 9.17) is 5.73 Å². The highest BCUT2D eigenvalue weighted by atomic mass is 32.2. The first-order chi connectivity index (χ1) is 7.62.